The van der Waals surface area contributed by atoms with Gasteiger partial charge in [0.25, 0.3) is 0 Å². The Morgan fingerprint density at radius 3 is 2.31 bits per heavy atom. The van der Waals surface area contributed by atoms with Gasteiger partial charge >= 0.3 is 0 Å². The number of hydrogen-bond donors (Lipinski definition) is 1. The van der Waals surface area contributed by atoms with Crippen molar-refractivity contribution in [3.05, 3.63) is 42.0 Å². The Bertz CT molecular complexity index is 780. The molecule has 2 aliphatic heterocycles. The van der Waals surface area contributed by atoms with E-state index in [0.29, 0.717) is 45.6 Å². The Labute approximate surface area is 191 Å². The maximum Gasteiger partial charge on any atom is 0.246 e. The van der Waals surface area contributed by atoms with Crippen molar-refractivity contribution in [2.75, 3.05) is 52.4 Å². The largest absolute Gasteiger partial charge is 0.355 e. The fourth-order valence-electron chi connectivity index (χ4n) is 4.23. The Kier molecular flexibility index (Phi) is 9.28. The number of nitrogens with zero attached hydrogens (tertiary/aromatic N) is 3. The number of piperidine rings is 1. The van der Waals surface area contributed by atoms with Crippen LogP contribution < -0.4 is 5.32 Å². The minimum absolute atomic E-state index is 0.00517. The number of hydrogen-bond acceptors (Lipinski definition) is 4. The zero-order valence-electron chi connectivity index (χ0n) is 19.2. The van der Waals surface area contributed by atoms with E-state index >= 15 is 0 Å². The number of carbonyl (C=O) groups is 3. The van der Waals surface area contributed by atoms with Crippen molar-refractivity contribution < 1.29 is 14.4 Å². The van der Waals surface area contributed by atoms with Gasteiger partial charge in [-0.2, -0.15) is 0 Å². The van der Waals surface area contributed by atoms with Crippen LogP contribution in [0.4, 0.5) is 0 Å². The minimum atomic E-state index is -0.0129. The van der Waals surface area contributed by atoms with Crippen LogP contribution in [-0.4, -0.2) is 84.8 Å². The average molecular weight is 441 g/mol. The van der Waals surface area contributed by atoms with E-state index in [0.717, 1.165) is 38.0 Å². The van der Waals surface area contributed by atoms with Gasteiger partial charge in [-0.1, -0.05) is 43.7 Å². The summed E-state index contributed by atoms with van der Waals surface area (Å²) in [4.78, 5) is 43.3. The topological polar surface area (TPSA) is 73.0 Å². The molecule has 174 valence electrons. The molecule has 2 saturated heterocycles. The molecule has 7 heteroatoms. The highest BCUT2D eigenvalue weighted by atomic mass is 16.2. The molecule has 2 fully saturated rings. The first-order valence-electron chi connectivity index (χ1n) is 11.9. The van der Waals surface area contributed by atoms with Crippen LogP contribution in [0.5, 0.6) is 0 Å². The summed E-state index contributed by atoms with van der Waals surface area (Å²) < 4.78 is 0. The van der Waals surface area contributed by atoms with Gasteiger partial charge in [0.1, 0.15) is 0 Å². The van der Waals surface area contributed by atoms with Crippen molar-refractivity contribution >= 4 is 23.8 Å². The van der Waals surface area contributed by atoms with Gasteiger partial charge in [0.05, 0.1) is 6.54 Å². The first-order chi connectivity index (χ1) is 15.6. The van der Waals surface area contributed by atoms with Gasteiger partial charge in [-0.05, 0) is 30.9 Å². The summed E-state index contributed by atoms with van der Waals surface area (Å²) >= 11 is 0. The van der Waals surface area contributed by atoms with Gasteiger partial charge < -0.3 is 15.1 Å². The second kappa shape index (κ2) is 12.4. The van der Waals surface area contributed by atoms with E-state index in [1.807, 2.05) is 46.2 Å². The molecule has 0 radical (unpaired) electrons. The molecule has 0 saturated carbocycles. The van der Waals surface area contributed by atoms with Gasteiger partial charge in [-0.25, -0.2) is 0 Å². The van der Waals surface area contributed by atoms with E-state index in [2.05, 4.69) is 17.1 Å². The summed E-state index contributed by atoms with van der Waals surface area (Å²) in [5, 5.41) is 2.95. The Hall–Kier alpha value is -2.67. The van der Waals surface area contributed by atoms with Crippen molar-refractivity contribution in [3.63, 3.8) is 0 Å². The van der Waals surface area contributed by atoms with Crippen molar-refractivity contribution in [1.29, 1.82) is 0 Å². The van der Waals surface area contributed by atoms with Crippen molar-refractivity contribution in [1.82, 2.24) is 20.0 Å². The van der Waals surface area contributed by atoms with Crippen LogP contribution in [0.15, 0.2) is 36.4 Å². The molecule has 0 aromatic heterocycles. The van der Waals surface area contributed by atoms with Crippen LogP contribution in [0.3, 0.4) is 0 Å². The first kappa shape index (κ1) is 24.0. The van der Waals surface area contributed by atoms with Crippen LogP contribution in [0.25, 0.3) is 6.08 Å². The lowest BCUT2D eigenvalue weighted by atomic mass is 9.95. The molecule has 3 rings (SSSR count). The number of piperazine rings is 1. The quantitative estimate of drug-likeness (QED) is 0.496. The Morgan fingerprint density at radius 2 is 1.66 bits per heavy atom. The standard InChI is InChI=1S/C25H36N4O3/c1-2-3-13-26-23(30)20-27-16-18-29(19-17-27)25(32)22-11-14-28(15-12-22)24(31)10-9-21-7-5-4-6-8-21/h4-10,22H,2-3,11-20H2,1H3,(H,26,30)/b10-9+. The van der Waals surface area contributed by atoms with Crippen LogP contribution >= 0.6 is 0 Å². The van der Waals surface area contributed by atoms with Gasteiger partial charge in [0.15, 0.2) is 0 Å². The summed E-state index contributed by atoms with van der Waals surface area (Å²) in [6, 6.07) is 9.78. The molecule has 1 aromatic rings. The molecule has 0 unspecified atom stereocenters. The van der Waals surface area contributed by atoms with Gasteiger partial charge in [0.2, 0.25) is 17.7 Å². The lowest BCUT2D eigenvalue weighted by Crippen LogP contribution is -2.53. The number of carbonyl (C=O) groups excluding carboxylic acids is 3. The predicted octanol–water partition coefficient (Wildman–Crippen LogP) is 2.00. The number of likely N-dealkylation sites (tertiary alicyclic amines) is 1. The van der Waals surface area contributed by atoms with Gasteiger partial charge in [-0.15, -0.1) is 0 Å². The first-order valence-corrected chi connectivity index (χ1v) is 11.9. The fourth-order valence-corrected chi connectivity index (χ4v) is 4.23. The molecular weight excluding hydrogens is 404 g/mol. The fraction of sp³-hybridized carbons (Fsp3) is 0.560. The normalized spacial score (nSPS) is 18.2. The molecule has 1 aromatic carbocycles. The summed E-state index contributed by atoms with van der Waals surface area (Å²) in [6.45, 7) is 7.27. The highest BCUT2D eigenvalue weighted by Gasteiger charge is 2.31. The summed E-state index contributed by atoms with van der Waals surface area (Å²) in [5.41, 5.74) is 1.00. The van der Waals surface area contributed by atoms with Crippen LogP contribution in [0, 0.1) is 5.92 Å². The third-order valence-corrected chi connectivity index (χ3v) is 6.28. The van der Waals surface area contributed by atoms with E-state index in [4.69, 9.17) is 0 Å². The maximum absolute atomic E-state index is 13.0. The molecule has 2 aliphatic rings. The Balaban J connectivity index is 1.37. The van der Waals surface area contributed by atoms with E-state index in [-0.39, 0.29) is 23.6 Å². The average Bonchev–Trinajstić information content (AvgIpc) is 2.83. The van der Waals surface area contributed by atoms with E-state index < -0.39 is 0 Å². The third kappa shape index (κ3) is 7.19. The second-order valence-electron chi connectivity index (χ2n) is 8.65. The predicted molar refractivity (Wildman–Crippen MR) is 126 cm³/mol. The smallest absolute Gasteiger partial charge is 0.246 e. The third-order valence-electron chi connectivity index (χ3n) is 6.28. The van der Waals surface area contributed by atoms with E-state index in [1.54, 1.807) is 6.08 Å². The molecule has 3 amide bonds. The van der Waals surface area contributed by atoms with Crippen molar-refractivity contribution in [3.8, 4) is 0 Å². The summed E-state index contributed by atoms with van der Waals surface area (Å²) in [6.07, 6.45) is 6.95. The van der Waals surface area contributed by atoms with Crippen LogP contribution in [-0.2, 0) is 14.4 Å². The zero-order chi connectivity index (χ0) is 22.8. The molecule has 1 N–H and O–H groups in total. The minimum Gasteiger partial charge on any atom is -0.355 e. The Morgan fingerprint density at radius 1 is 0.969 bits per heavy atom. The molecule has 0 bridgehead atoms. The number of amides is 3. The van der Waals surface area contributed by atoms with Crippen LogP contribution in [0.1, 0.15) is 38.2 Å². The second-order valence-corrected chi connectivity index (χ2v) is 8.65. The number of nitrogens with one attached hydrogen (secondary N) is 1. The number of rotatable bonds is 8. The van der Waals surface area contributed by atoms with Crippen molar-refractivity contribution in [2.45, 2.75) is 32.6 Å². The van der Waals surface area contributed by atoms with Gasteiger partial charge in [0, 0.05) is 57.8 Å². The number of benzene rings is 1. The zero-order valence-corrected chi connectivity index (χ0v) is 19.2. The monoisotopic (exact) mass is 440 g/mol. The molecular formula is C25H36N4O3. The molecule has 0 atom stereocenters. The van der Waals surface area contributed by atoms with Crippen LogP contribution in [0.2, 0.25) is 0 Å². The molecule has 7 nitrogen and oxygen atoms in total. The highest BCUT2D eigenvalue weighted by molar-refractivity contribution is 5.92. The van der Waals surface area contributed by atoms with E-state index in [1.165, 1.54) is 0 Å². The molecule has 32 heavy (non-hydrogen) atoms. The lowest BCUT2D eigenvalue weighted by molar-refractivity contribution is -0.141. The maximum atomic E-state index is 13.0. The van der Waals surface area contributed by atoms with Crippen molar-refractivity contribution in [2.24, 2.45) is 5.92 Å². The number of unbranched alkanes of at least 4 members (excludes halogenated alkanes) is 1. The molecule has 2 heterocycles. The summed E-state index contributed by atoms with van der Waals surface area (Å²) in [5.74, 6) is 0.257. The van der Waals surface area contributed by atoms with E-state index in [9.17, 15) is 14.4 Å². The van der Waals surface area contributed by atoms with Gasteiger partial charge in [-0.3, -0.25) is 19.3 Å². The summed E-state index contributed by atoms with van der Waals surface area (Å²) in [7, 11) is 0. The SMILES string of the molecule is CCCCNC(=O)CN1CCN(C(=O)C2CCN(C(=O)/C=C/c3ccccc3)CC2)CC1. The molecule has 0 spiro atoms. The highest BCUT2D eigenvalue weighted by Crippen LogP contribution is 2.21. The molecule has 0 aliphatic carbocycles. The lowest BCUT2D eigenvalue weighted by Gasteiger charge is -2.38.